The molecule has 170 valence electrons. The number of carboxylic acid groups (broad SMARTS) is 1. The topological polar surface area (TPSA) is 58.6 Å². The average molecular weight is 444 g/mol. The first kappa shape index (κ1) is 21.8. The third-order valence-corrected chi connectivity index (χ3v) is 7.26. The minimum atomic E-state index is -0.758. The molecule has 1 aliphatic carbocycles. The lowest BCUT2D eigenvalue weighted by molar-refractivity contribution is -0.860. The number of nitrogens with one attached hydrogen (secondary N) is 1. The first-order valence-corrected chi connectivity index (χ1v) is 11.8. The largest absolute Gasteiger partial charge is 0.513 e. The predicted molar refractivity (Wildman–Crippen MR) is 128 cm³/mol. The molecule has 2 unspecified atom stereocenters. The van der Waals surface area contributed by atoms with E-state index in [9.17, 15) is 9.90 Å². The third-order valence-electron chi connectivity index (χ3n) is 7.26. The fourth-order valence-electron chi connectivity index (χ4n) is 5.38. The molecular formula is C28H31N2O3+. The van der Waals surface area contributed by atoms with Crippen molar-refractivity contribution in [1.29, 1.82) is 0 Å². The van der Waals surface area contributed by atoms with E-state index in [0.717, 1.165) is 19.5 Å². The lowest BCUT2D eigenvalue weighted by atomic mass is 9.85. The monoisotopic (exact) mass is 443 g/mol. The van der Waals surface area contributed by atoms with Crippen LogP contribution in [-0.2, 0) is 11.2 Å². The van der Waals surface area contributed by atoms with E-state index in [2.05, 4.69) is 84.2 Å². The van der Waals surface area contributed by atoms with Crippen molar-refractivity contribution < 1.29 is 19.1 Å². The highest BCUT2D eigenvalue weighted by Gasteiger charge is 2.39. The molecule has 3 aromatic carbocycles. The molecular weight excluding hydrogens is 412 g/mol. The summed E-state index contributed by atoms with van der Waals surface area (Å²) in [4.78, 5) is 12.1. The summed E-state index contributed by atoms with van der Waals surface area (Å²) < 4.78 is 6.64. The zero-order chi connectivity index (χ0) is 22.7. The number of amides is 1. The molecule has 2 atom stereocenters. The van der Waals surface area contributed by atoms with Gasteiger partial charge in [-0.15, -0.1) is 0 Å². The highest BCUT2D eigenvalue weighted by atomic mass is 16.5. The van der Waals surface area contributed by atoms with Crippen LogP contribution in [-0.4, -0.2) is 55.0 Å². The van der Waals surface area contributed by atoms with Crippen LogP contribution in [0.25, 0.3) is 0 Å². The number of hydrogen-bond acceptors (Lipinski definition) is 3. The molecule has 2 aliphatic rings. The van der Waals surface area contributed by atoms with Crippen molar-refractivity contribution in [2.24, 2.45) is 0 Å². The van der Waals surface area contributed by atoms with Crippen molar-refractivity contribution in [2.45, 2.75) is 18.4 Å². The fourth-order valence-corrected chi connectivity index (χ4v) is 5.38. The van der Waals surface area contributed by atoms with E-state index >= 15 is 0 Å². The van der Waals surface area contributed by atoms with Gasteiger partial charge in [0, 0.05) is 19.0 Å². The Labute approximate surface area is 195 Å². The van der Waals surface area contributed by atoms with Gasteiger partial charge in [-0.2, -0.15) is 4.79 Å². The molecule has 1 saturated heterocycles. The lowest BCUT2D eigenvalue weighted by Crippen LogP contribution is -2.62. The Morgan fingerprint density at radius 3 is 2.24 bits per heavy atom. The number of quaternary nitrogens is 1. The Morgan fingerprint density at radius 2 is 1.52 bits per heavy atom. The molecule has 2 N–H and O–H groups in total. The fraction of sp³-hybridized carbons (Fsp3) is 0.321. The number of carbonyl (C=O) groups is 1. The Kier molecular flexibility index (Phi) is 6.27. The van der Waals surface area contributed by atoms with Crippen LogP contribution in [0.5, 0.6) is 0 Å². The standard InChI is InChI=1S/C28H30N2O3/c31-28(32)30(16-14-29-15-17-30)18-19-33-27-23-11-5-4-10-22(23)20-26(21-8-2-1-3-9-21)24-12-6-7-13-25(24)27/h1-13,26-27,29H,14-20H2/p+1. The van der Waals surface area contributed by atoms with Gasteiger partial charge in [0.05, 0.1) is 6.61 Å². The van der Waals surface area contributed by atoms with Gasteiger partial charge in [0.2, 0.25) is 0 Å². The second-order valence-corrected chi connectivity index (χ2v) is 9.09. The van der Waals surface area contributed by atoms with Gasteiger partial charge in [-0.3, -0.25) is 0 Å². The van der Waals surface area contributed by atoms with Gasteiger partial charge in [0.1, 0.15) is 25.7 Å². The van der Waals surface area contributed by atoms with E-state index in [1.165, 1.54) is 27.8 Å². The van der Waals surface area contributed by atoms with Crippen LogP contribution in [0.4, 0.5) is 4.79 Å². The van der Waals surface area contributed by atoms with Gasteiger partial charge in [-0.25, -0.2) is 4.48 Å². The van der Waals surface area contributed by atoms with Crippen LogP contribution in [0.15, 0.2) is 78.9 Å². The molecule has 0 bridgehead atoms. The average Bonchev–Trinajstić information content (AvgIpc) is 3.00. The summed E-state index contributed by atoms with van der Waals surface area (Å²) in [6, 6.07) is 27.8. The lowest BCUT2D eigenvalue weighted by Gasteiger charge is -2.36. The van der Waals surface area contributed by atoms with Crippen LogP contribution < -0.4 is 5.32 Å². The van der Waals surface area contributed by atoms with Gasteiger partial charge in [-0.05, 0) is 34.2 Å². The van der Waals surface area contributed by atoms with E-state index in [-0.39, 0.29) is 16.5 Å². The molecule has 5 nitrogen and oxygen atoms in total. The third kappa shape index (κ3) is 4.32. The summed E-state index contributed by atoms with van der Waals surface area (Å²) in [5.41, 5.74) is 6.24. The minimum Gasteiger partial charge on any atom is -0.435 e. The second kappa shape index (κ2) is 9.48. The van der Waals surface area contributed by atoms with Crippen molar-refractivity contribution in [3.05, 3.63) is 107 Å². The van der Waals surface area contributed by atoms with Gasteiger partial charge >= 0.3 is 6.09 Å². The normalized spacial score (nSPS) is 21.5. The SMILES string of the molecule is O=C(O)[N+]1(CCOC2c3ccccc3CC(c3ccccc3)c3ccccc32)CCNCC1. The van der Waals surface area contributed by atoms with E-state index in [1.807, 2.05) is 0 Å². The number of ether oxygens (including phenoxy) is 1. The number of benzene rings is 3. The molecule has 1 heterocycles. The highest BCUT2D eigenvalue weighted by Crippen LogP contribution is 2.42. The Morgan fingerprint density at radius 1 is 0.879 bits per heavy atom. The molecule has 0 radical (unpaired) electrons. The summed E-state index contributed by atoms with van der Waals surface area (Å²) in [6.45, 7) is 3.50. The van der Waals surface area contributed by atoms with Crippen molar-refractivity contribution in [3.8, 4) is 0 Å². The van der Waals surface area contributed by atoms with Crippen LogP contribution in [0.3, 0.4) is 0 Å². The molecule has 5 rings (SSSR count). The smallest absolute Gasteiger partial charge is 0.435 e. The van der Waals surface area contributed by atoms with Crippen LogP contribution in [0.2, 0.25) is 0 Å². The zero-order valence-electron chi connectivity index (χ0n) is 18.8. The molecule has 3 aromatic rings. The molecule has 0 aromatic heterocycles. The minimum absolute atomic E-state index is 0.0651. The summed E-state index contributed by atoms with van der Waals surface area (Å²) >= 11 is 0. The second-order valence-electron chi connectivity index (χ2n) is 9.09. The van der Waals surface area contributed by atoms with Crippen LogP contribution >= 0.6 is 0 Å². The molecule has 1 fully saturated rings. The number of piperazine rings is 1. The predicted octanol–water partition coefficient (Wildman–Crippen LogP) is 4.58. The Bertz CT molecular complexity index is 1110. The summed E-state index contributed by atoms with van der Waals surface area (Å²) in [6.07, 6.45) is -0.0496. The van der Waals surface area contributed by atoms with Crippen LogP contribution in [0, 0.1) is 0 Å². The van der Waals surface area contributed by atoms with Gasteiger partial charge in [0.25, 0.3) is 0 Å². The van der Waals surface area contributed by atoms with Crippen LogP contribution in [0.1, 0.15) is 39.8 Å². The van der Waals surface area contributed by atoms with Gasteiger partial charge in [0.15, 0.2) is 0 Å². The van der Waals surface area contributed by atoms with E-state index in [4.69, 9.17) is 4.74 Å². The van der Waals surface area contributed by atoms with E-state index in [1.54, 1.807) is 0 Å². The Hall–Kier alpha value is -2.99. The van der Waals surface area contributed by atoms with E-state index in [0.29, 0.717) is 26.2 Å². The number of rotatable bonds is 5. The summed E-state index contributed by atoms with van der Waals surface area (Å²) in [7, 11) is 0. The zero-order valence-corrected chi connectivity index (χ0v) is 18.8. The molecule has 1 amide bonds. The quantitative estimate of drug-likeness (QED) is 0.567. The molecule has 0 spiro atoms. The van der Waals surface area contributed by atoms with Crippen molar-refractivity contribution in [3.63, 3.8) is 0 Å². The maximum absolute atomic E-state index is 12.1. The number of nitrogens with zero attached hydrogens (tertiary/aromatic N) is 1. The maximum atomic E-state index is 12.1. The molecule has 0 saturated carbocycles. The first-order chi connectivity index (χ1) is 16.2. The van der Waals surface area contributed by atoms with Gasteiger partial charge in [-0.1, -0.05) is 78.9 Å². The molecule has 5 heteroatoms. The maximum Gasteiger partial charge on any atom is 0.513 e. The number of hydrogen-bond donors (Lipinski definition) is 2. The van der Waals surface area contributed by atoms with E-state index < -0.39 is 6.09 Å². The first-order valence-electron chi connectivity index (χ1n) is 11.8. The molecule has 33 heavy (non-hydrogen) atoms. The summed E-state index contributed by atoms with van der Waals surface area (Å²) in [5, 5.41) is 13.2. The summed E-state index contributed by atoms with van der Waals surface area (Å²) in [5.74, 6) is 0.253. The molecule has 1 aliphatic heterocycles. The number of fused-ring (bicyclic) bond motifs is 2. The Balaban J connectivity index is 1.49. The van der Waals surface area contributed by atoms with Gasteiger partial charge < -0.3 is 15.2 Å². The van der Waals surface area contributed by atoms with Crippen molar-refractivity contribution in [1.82, 2.24) is 5.32 Å². The highest BCUT2D eigenvalue weighted by molar-refractivity contribution is 5.57. The van der Waals surface area contributed by atoms with Crippen molar-refractivity contribution in [2.75, 3.05) is 39.3 Å². The van der Waals surface area contributed by atoms with Crippen molar-refractivity contribution >= 4 is 6.09 Å².